The van der Waals surface area contributed by atoms with Crippen LogP contribution in [0.2, 0.25) is 0 Å². The van der Waals surface area contributed by atoms with Crippen molar-refractivity contribution in [3.8, 4) is 0 Å². The molecule has 6 heteroatoms. The summed E-state index contributed by atoms with van der Waals surface area (Å²) < 4.78 is 0. The second-order valence-corrected chi connectivity index (χ2v) is 7.23. The summed E-state index contributed by atoms with van der Waals surface area (Å²) in [6.45, 7) is 8.17. The minimum absolute atomic E-state index is 0.0612. The predicted octanol–water partition coefficient (Wildman–Crippen LogP) is 3.15. The number of carbonyl (C=O) groups excluding carboxylic acids is 1. The Labute approximate surface area is 131 Å². The first-order valence-electron chi connectivity index (χ1n) is 7.81. The lowest BCUT2D eigenvalue weighted by Gasteiger charge is -2.31. The molecule has 3 unspecified atom stereocenters. The molecule has 0 spiro atoms. The molecule has 1 fully saturated rings. The summed E-state index contributed by atoms with van der Waals surface area (Å²) in [6, 6.07) is -0.878. The number of carboxylic acids is 1. The molecule has 2 N–H and O–H groups in total. The molecule has 0 aromatic carbocycles. The first-order chi connectivity index (χ1) is 9.88. The number of amides is 2. The Bertz CT molecular complexity index is 363. The van der Waals surface area contributed by atoms with Gasteiger partial charge in [0.15, 0.2) is 0 Å². The van der Waals surface area contributed by atoms with E-state index in [0.29, 0.717) is 5.75 Å². The van der Waals surface area contributed by atoms with Gasteiger partial charge in [0.25, 0.3) is 0 Å². The Kier molecular flexibility index (Phi) is 7.35. The monoisotopic (exact) mass is 316 g/mol. The van der Waals surface area contributed by atoms with Crippen LogP contribution in [0.15, 0.2) is 0 Å². The average molecular weight is 316 g/mol. The summed E-state index contributed by atoms with van der Waals surface area (Å²) in [4.78, 5) is 25.3. The average Bonchev–Trinajstić information content (AvgIpc) is 2.83. The van der Waals surface area contributed by atoms with Crippen LogP contribution in [0.4, 0.5) is 4.79 Å². The summed E-state index contributed by atoms with van der Waals surface area (Å²) in [6.07, 6.45) is 4.33. The number of nitrogens with one attached hydrogen (secondary N) is 1. The van der Waals surface area contributed by atoms with Gasteiger partial charge in [0.2, 0.25) is 0 Å². The molecule has 1 rings (SSSR count). The topological polar surface area (TPSA) is 69.6 Å². The van der Waals surface area contributed by atoms with E-state index in [0.717, 1.165) is 25.7 Å². The van der Waals surface area contributed by atoms with E-state index in [-0.39, 0.29) is 23.4 Å². The largest absolute Gasteiger partial charge is 0.480 e. The number of hydrogen-bond donors (Lipinski definition) is 2. The zero-order valence-corrected chi connectivity index (χ0v) is 14.3. The van der Waals surface area contributed by atoms with Crippen molar-refractivity contribution >= 4 is 23.8 Å². The summed E-state index contributed by atoms with van der Waals surface area (Å²) in [5, 5.41) is 12.2. The molecule has 5 nitrogen and oxygen atoms in total. The van der Waals surface area contributed by atoms with E-state index < -0.39 is 12.0 Å². The van der Waals surface area contributed by atoms with Crippen molar-refractivity contribution in [2.45, 2.75) is 70.8 Å². The smallest absolute Gasteiger partial charge is 0.327 e. The fourth-order valence-corrected chi connectivity index (χ4v) is 4.02. The van der Waals surface area contributed by atoms with Gasteiger partial charge in [-0.2, -0.15) is 0 Å². The van der Waals surface area contributed by atoms with Crippen LogP contribution in [0.25, 0.3) is 0 Å². The molecule has 0 aliphatic carbocycles. The minimum atomic E-state index is -0.917. The van der Waals surface area contributed by atoms with Gasteiger partial charge in [-0.15, -0.1) is 11.8 Å². The van der Waals surface area contributed by atoms with Gasteiger partial charge in [0, 0.05) is 11.8 Å². The SMILES string of the molecule is CCCCCC(C)NC(=O)N1C(C(=O)O)CSC1C(C)C. The van der Waals surface area contributed by atoms with Crippen molar-refractivity contribution in [3.05, 3.63) is 0 Å². The van der Waals surface area contributed by atoms with Gasteiger partial charge in [-0.05, 0) is 19.3 Å². The summed E-state index contributed by atoms with van der Waals surface area (Å²) in [5.41, 5.74) is 0. The van der Waals surface area contributed by atoms with E-state index in [9.17, 15) is 14.7 Å². The highest BCUT2D eigenvalue weighted by atomic mass is 32.2. The van der Waals surface area contributed by atoms with E-state index in [1.54, 1.807) is 11.8 Å². The Morgan fingerprint density at radius 2 is 2.00 bits per heavy atom. The third-order valence-electron chi connectivity index (χ3n) is 3.74. The summed E-state index contributed by atoms with van der Waals surface area (Å²) in [7, 11) is 0. The molecule has 0 aromatic heterocycles. The molecule has 2 amide bonds. The summed E-state index contributed by atoms with van der Waals surface area (Å²) >= 11 is 1.56. The van der Waals surface area contributed by atoms with Crippen LogP contribution in [0.3, 0.4) is 0 Å². The molecule has 1 saturated heterocycles. The van der Waals surface area contributed by atoms with Crippen molar-refractivity contribution in [1.29, 1.82) is 0 Å². The maximum absolute atomic E-state index is 12.5. The third-order valence-corrected chi connectivity index (χ3v) is 5.36. The van der Waals surface area contributed by atoms with Gasteiger partial charge in [0.05, 0.1) is 5.37 Å². The number of urea groups is 1. The van der Waals surface area contributed by atoms with E-state index in [4.69, 9.17) is 0 Å². The molecular formula is C15H28N2O3S. The van der Waals surface area contributed by atoms with E-state index >= 15 is 0 Å². The molecule has 122 valence electrons. The molecule has 1 heterocycles. The zero-order valence-electron chi connectivity index (χ0n) is 13.5. The third kappa shape index (κ3) is 5.09. The van der Waals surface area contributed by atoms with Gasteiger partial charge in [-0.3, -0.25) is 4.90 Å². The second kappa shape index (κ2) is 8.51. The highest BCUT2D eigenvalue weighted by Gasteiger charge is 2.43. The maximum atomic E-state index is 12.5. The van der Waals surface area contributed by atoms with E-state index in [1.807, 2.05) is 20.8 Å². The standard InChI is InChI=1S/C15H28N2O3S/c1-5-6-7-8-11(4)16-15(20)17-12(14(18)19)9-21-13(17)10(2)3/h10-13H,5-9H2,1-4H3,(H,16,20)(H,18,19). The van der Waals surface area contributed by atoms with Gasteiger partial charge in [-0.1, -0.05) is 40.0 Å². The predicted molar refractivity (Wildman–Crippen MR) is 86.5 cm³/mol. The van der Waals surface area contributed by atoms with Crippen LogP contribution in [-0.4, -0.2) is 45.2 Å². The molecule has 1 aliphatic rings. The number of aliphatic carboxylic acids is 1. The number of unbranched alkanes of at least 4 members (excludes halogenated alkanes) is 2. The molecular weight excluding hydrogens is 288 g/mol. The Balaban J connectivity index is 2.64. The fourth-order valence-electron chi connectivity index (χ4n) is 2.55. The molecule has 0 radical (unpaired) electrons. The maximum Gasteiger partial charge on any atom is 0.327 e. The number of carbonyl (C=O) groups is 2. The van der Waals surface area contributed by atoms with Gasteiger partial charge in [-0.25, -0.2) is 9.59 Å². The Morgan fingerprint density at radius 1 is 1.33 bits per heavy atom. The van der Waals surface area contributed by atoms with Crippen LogP contribution in [0.5, 0.6) is 0 Å². The number of nitrogens with zero attached hydrogens (tertiary/aromatic N) is 1. The van der Waals surface area contributed by atoms with Crippen LogP contribution >= 0.6 is 11.8 Å². The quantitative estimate of drug-likeness (QED) is 0.708. The van der Waals surface area contributed by atoms with Gasteiger partial charge < -0.3 is 10.4 Å². The molecule has 0 saturated carbocycles. The lowest BCUT2D eigenvalue weighted by molar-refractivity contribution is -0.141. The fraction of sp³-hybridized carbons (Fsp3) is 0.867. The number of rotatable bonds is 7. The second-order valence-electron chi connectivity index (χ2n) is 6.08. The van der Waals surface area contributed by atoms with Gasteiger partial charge >= 0.3 is 12.0 Å². The van der Waals surface area contributed by atoms with Crippen molar-refractivity contribution < 1.29 is 14.7 Å². The highest BCUT2D eigenvalue weighted by molar-refractivity contribution is 8.00. The minimum Gasteiger partial charge on any atom is -0.480 e. The van der Waals surface area contributed by atoms with Gasteiger partial charge in [0.1, 0.15) is 6.04 Å². The number of hydrogen-bond acceptors (Lipinski definition) is 3. The van der Waals surface area contributed by atoms with Crippen molar-refractivity contribution in [3.63, 3.8) is 0 Å². The Morgan fingerprint density at radius 3 is 2.52 bits per heavy atom. The van der Waals surface area contributed by atoms with Crippen molar-refractivity contribution in [1.82, 2.24) is 10.2 Å². The normalized spacial score (nSPS) is 23.4. The number of thioether (sulfide) groups is 1. The molecule has 0 bridgehead atoms. The molecule has 21 heavy (non-hydrogen) atoms. The first-order valence-corrected chi connectivity index (χ1v) is 8.86. The van der Waals surface area contributed by atoms with Crippen LogP contribution in [-0.2, 0) is 4.79 Å². The number of carboxylic acid groups (broad SMARTS) is 1. The molecule has 3 atom stereocenters. The molecule has 1 aliphatic heterocycles. The van der Waals surface area contributed by atoms with Crippen LogP contribution in [0.1, 0.15) is 53.4 Å². The van der Waals surface area contributed by atoms with E-state index in [2.05, 4.69) is 12.2 Å². The van der Waals surface area contributed by atoms with Crippen molar-refractivity contribution in [2.24, 2.45) is 5.92 Å². The lowest BCUT2D eigenvalue weighted by Crippen LogP contribution is -2.53. The van der Waals surface area contributed by atoms with E-state index in [1.165, 1.54) is 4.90 Å². The van der Waals surface area contributed by atoms with Crippen molar-refractivity contribution in [2.75, 3.05) is 5.75 Å². The molecule has 0 aromatic rings. The van der Waals surface area contributed by atoms with Crippen LogP contribution in [0, 0.1) is 5.92 Å². The zero-order chi connectivity index (χ0) is 16.0. The Hall–Kier alpha value is -0.910. The highest BCUT2D eigenvalue weighted by Crippen LogP contribution is 2.34. The summed E-state index contributed by atoms with van der Waals surface area (Å²) in [5.74, 6) is -0.213. The van der Waals surface area contributed by atoms with Crippen LogP contribution < -0.4 is 5.32 Å². The lowest BCUT2D eigenvalue weighted by atomic mass is 10.1. The first kappa shape index (κ1) is 18.1.